The maximum atomic E-state index is 10.9. The zero-order chi connectivity index (χ0) is 13.8. The molecule has 2 heteroatoms. The second-order valence-electron chi connectivity index (χ2n) is 4.78. The van der Waals surface area contributed by atoms with Gasteiger partial charge in [0.25, 0.3) is 0 Å². The van der Waals surface area contributed by atoms with Crippen LogP contribution in [0.15, 0.2) is 42.5 Å². The van der Waals surface area contributed by atoms with Crippen molar-refractivity contribution in [3.05, 3.63) is 59.2 Å². The normalized spacial score (nSPS) is 10.2. The summed E-state index contributed by atoms with van der Waals surface area (Å²) in [6.07, 6.45) is 0.808. The summed E-state index contributed by atoms with van der Waals surface area (Å²) in [6, 6.07) is 15.4. The molecule has 0 aliphatic heterocycles. The zero-order valence-electron chi connectivity index (χ0n) is 11.1. The number of rotatable bonds is 3. The molecule has 0 amide bonds. The Morgan fingerprint density at radius 1 is 1.11 bits per heavy atom. The Labute approximate surface area is 113 Å². The monoisotopic (exact) mass is 249 g/mol. The van der Waals surface area contributed by atoms with Gasteiger partial charge in [0.15, 0.2) is 0 Å². The Hall–Kier alpha value is -2.40. The lowest BCUT2D eigenvalue weighted by Gasteiger charge is -2.14. The molecule has 0 fully saturated rings. The van der Waals surface area contributed by atoms with Gasteiger partial charge in [0.2, 0.25) is 0 Å². The molecule has 2 aromatic carbocycles. The summed E-state index contributed by atoms with van der Waals surface area (Å²) in [5.41, 5.74) is 4.22. The number of carbonyl (C=O) groups is 1. The Balaban J connectivity index is 2.71. The summed E-state index contributed by atoms with van der Waals surface area (Å²) in [4.78, 5) is 10.9. The number of benzene rings is 2. The summed E-state index contributed by atoms with van der Waals surface area (Å²) < 4.78 is 0. The van der Waals surface area contributed by atoms with Gasteiger partial charge in [0.1, 0.15) is 6.29 Å². The van der Waals surface area contributed by atoms with Crippen LogP contribution in [0.3, 0.4) is 0 Å². The molecule has 0 atom stereocenters. The first-order chi connectivity index (χ1) is 9.17. The largest absolute Gasteiger partial charge is 0.298 e. The van der Waals surface area contributed by atoms with Crippen LogP contribution in [-0.2, 0) is 0 Å². The first-order valence-corrected chi connectivity index (χ1v) is 6.26. The van der Waals surface area contributed by atoms with Gasteiger partial charge >= 0.3 is 0 Å². The average Bonchev–Trinajstić information content (AvgIpc) is 2.46. The van der Waals surface area contributed by atoms with E-state index in [-0.39, 0.29) is 0 Å². The van der Waals surface area contributed by atoms with E-state index in [2.05, 4.69) is 26.0 Å². The van der Waals surface area contributed by atoms with Crippen LogP contribution in [0, 0.1) is 11.3 Å². The predicted octanol–water partition coefficient (Wildman–Crippen LogP) is 4.16. The van der Waals surface area contributed by atoms with Crippen molar-refractivity contribution >= 4 is 6.29 Å². The van der Waals surface area contributed by atoms with Crippen LogP contribution < -0.4 is 0 Å². The minimum absolute atomic E-state index is 0.364. The molecule has 2 rings (SSSR count). The van der Waals surface area contributed by atoms with E-state index < -0.39 is 0 Å². The SMILES string of the molecule is CC(C)c1ccccc1-c1cc(C=O)ccc1C#N. The minimum Gasteiger partial charge on any atom is -0.298 e. The molecular formula is C17H15NO. The highest BCUT2D eigenvalue weighted by Crippen LogP contribution is 2.31. The van der Waals surface area contributed by atoms with Crippen LogP contribution in [0.5, 0.6) is 0 Å². The van der Waals surface area contributed by atoms with E-state index >= 15 is 0 Å². The summed E-state index contributed by atoms with van der Waals surface area (Å²) in [7, 11) is 0. The van der Waals surface area contributed by atoms with E-state index in [0.29, 0.717) is 17.0 Å². The Bertz CT molecular complexity index is 651. The molecule has 0 bridgehead atoms. The van der Waals surface area contributed by atoms with E-state index in [4.69, 9.17) is 0 Å². The molecule has 0 unspecified atom stereocenters. The lowest BCUT2D eigenvalue weighted by molar-refractivity contribution is 0.112. The fourth-order valence-electron chi connectivity index (χ4n) is 2.20. The molecule has 0 saturated heterocycles. The molecule has 0 spiro atoms. The van der Waals surface area contributed by atoms with Gasteiger partial charge in [-0.3, -0.25) is 4.79 Å². The van der Waals surface area contributed by atoms with Crippen molar-refractivity contribution in [2.24, 2.45) is 0 Å². The summed E-state index contributed by atoms with van der Waals surface area (Å²) in [5, 5.41) is 9.23. The van der Waals surface area contributed by atoms with Gasteiger partial charge in [-0.05, 0) is 29.2 Å². The molecule has 0 aliphatic rings. The fourth-order valence-corrected chi connectivity index (χ4v) is 2.20. The van der Waals surface area contributed by atoms with Gasteiger partial charge in [-0.2, -0.15) is 5.26 Å². The molecule has 2 nitrogen and oxygen atoms in total. The Morgan fingerprint density at radius 3 is 2.47 bits per heavy atom. The Kier molecular flexibility index (Phi) is 3.77. The summed E-state index contributed by atoms with van der Waals surface area (Å²) >= 11 is 0. The molecule has 0 heterocycles. The first kappa shape index (κ1) is 13.0. The molecule has 0 saturated carbocycles. The smallest absolute Gasteiger partial charge is 0.150 e. The van der Waals surface area contributed by atoms with Crippen molar-refractivity contribution in [1.29, 1.82) is 5.26 Å². The summed E-state index contributed by atoms with van der Waals surface area (Å²) in [5.74, 6) is 0.364. The van der Waals surface area contributed by atoms with E-state index in [1.165, 1.54) is 5.56 Å². The maximum Gasteiger partial charge on any atom is 0.150 e. The van der Waals surface area contributed by atoms with Crippen molar-refractivity contribution in [3.8, 4) is 17.2 Å². The third kappa shape index (κ3) is 2.56. The van der Waals surface area contributed by atoms with Gasteiger partial charge in [-0.1, -0.05) is 44.2 Å². The topological polar surface area (TPSA) is 40.9 Å². The van der Waals surface area contributed by atoms with E-state index in [9.17, 15) is 10.1 Å². The second-order valence-corrected chi connectivity index (χ2v) is 4.78. The van der Waals surface area contributed by atoms with Crippen LogP contribution in [-0.4, -0.2) is 6.29 Å². The van der Waals surface area contributed by atoms with Crippen molar-refractivity contribution in [2.75, 3.05) is 0 Å². The third-order valence-electron chi connectivity index (χ3n) is 3.17. The molecule has 0 N–H and O–H groups in total. The second kappa shape index (κ2) is 5.49. The van der Waals surface area contributed by atoms with Crippen molar-refractivity contribution in [1.82, 2.24) is 0 Å². The molecule has 0 aromatic heterocycles. The van der Waals surface area contributed by atoms with Crippen molar-refractivity contribution in [3.63, 3.8) is 0 Å². The van der Waals surface area contributed by atoms with Crippen LogP contribution >= 0.6 is 0 Å². The van der Waals surface area contributed by atoms with Gasteiger partial charge in [0, 0.05) is 11.1 Å². The maximum absolute atomic E-state index is 10.9. The third-order valence-corrected chi connectivity index (χ3v) is 3.17. The number of hydrogen-bond acceptors (Lipinski definition) is 2. The van der Waals surface area contributed by atoms with E-state index in [0.717, 1.165) is 17.4 Å². The minimum atomic E-state index is 0.364. The quantitative estimate of drug-likeness (QED) is 0.766. The molecule has 19 heavy (non-hydrogen) atoms. The number of hydrogen-bond donors (Lipinski definition) is 0. The van der Waals surface area contributed by atoms with Gasteiger partial charge in [-0.25, -0.2) is 0 Å². The van der Waals surface area contributed by atoms with Gasteiger partial charge in [-0.15, -0.1) is 0 Å². The van der Waals surface area contributed by atoms with Crippen LogP contribution in [0.1, 0.15) is 41.3 Å². The van der Waals surface area contributed by atoms with Crippen LogP contribution in [0.25, 0.3) is 11.1 Å². The van der Waals surface area contributed by atoms with Gasteiger partial charge in [0.05, 0.1) is 11.6 Å². The number of nitrogens with zero attached hydrogens (tertiary/aromatic N) is 1. The standard InChI is InChI=1S/C17H15NO/c1-12(2)15-5-3-4-6-16(15)17-9-13(11-19)7-8-14(17)10-18/h3-9,11-12H,1-2H3. The van der Waals surface area contributed by atoms with Crippen LogP contribution in [0.2, 0.25) is 0 Å². The average molecular weight is 249 g/mol. The summed E-state index contributed by atoms with van der Waals surface area (Å²) in [6.45, 7) is 4.24. The van der Waals surface area contributed by atoms with Crippen LogP contribution in [0.4, 0.5) is 0 Å². The predicted molar refractivity (Wildman–Crippen MR) is 76.1 cm³/mol. The fraction of sp³-hybridized carbons (Fsp3) is 0.176. The van der Waals surface area contributed by atoms with Crippen molar-refractivity contribution in [2.45, 2.75) is 19.8 Å². The molecule has 0 aliphatic carbocycles. The molecule has 0 radical (unpaired) electrons. The number of carbonyl (C=O) groups excluding carboxylic acids is 1. The first-order valence-electron chi connectivity index (χ1n) is 6.26. The molecule has 94 valence electrons. The van der Waals surface area contributed by atoms with Crippen molar-refractivity contribution < 1.29 is 4.79 Å². The number of aldehydes is 1. The lowest BCUT2D eigenvalue weighted by atomic mass is 9.90. The van der Waals surface area contributed by atoms with E-state index in [1.54, 1.807) is 18.2 Å². The lowest BCUT2D eigenvalue weighted by Crippen LogP contribution is -1.95. The zero-order valence-corrected chi connectivity index (χ0v) is 11.1. The number of nitriles is 1. The highest BCUT2D eigenvalue weighted by molar-refractivity contribution is 5.82. The molecular weight excluding hydrogens is 234 g/mol. The van der Waals surface area contributed by atoms with E-state index in [1.807, 2.05) is 18.2 Å². The van der Waals surface area contributed by atoms with Gasteiger partial charge < -0.3 is 0 Å². The Morgan fingerprint density at radius 2 is 1.84 bits per heavy atom. The highest BCUT2D eigenvalue weighted by atomic mass is 16.1. The highest BCUT2D eigenvalue weighted by Gasteiger charge is 2.12. The molecule has 2 aromatic rings.